The molecule has 1 aromatic heterocycles. The molecule has 0 saturated carbocycles. The van der Waals surface area contributed by atoms with Crippen LogP contribution in [0.2, 0.25) is 5.02 Å². The molecule has 0 amide bonds. The molecule has 0 radical (unpaired) electrons. The van der Waals surface area contributed by atoms with Crippen molar-refractivity contribution in [1.82, 2.24) is 0 Å². The molecule has 0 N–H and O–H groups in total. The highest BCUT2D eigenvalue weighted by Gasteiger charge is 2.12. The molecule has 0 atom stereocenters. The highest BCUT2D eigenvalue weighted by molar-refractivity contribution is 9.10. The zero-order chi connectivity index (χ0) is 22.4. The predicted molar refractivity (Wildman–Crippen MR) is 143 cm³/mol. The van der Waals surface area contributed by atoms with Crippen LogP contribution in [-0.2, 0) is 0 Å². The van der Waals surface area contributed by atoms with Gasteiger partial charge in [-0.05, 0) is 75.8 Å². The molecule has 0 saturated heterocycles. The zero-order valence-corrected chi connectivity index (χ0v) is 19.9. The summed E-state index contributed by atoms with van der Waals surface area (Å²) in [6.45, 7) is 0. The average Bonchev–Trinajstić information content (AvgIpc) is 3.23. The van der Waals surface area contributed by atoms with Gasteiger partial charge in [0, 0.05) is 20.3 Å². The molecule has 0 unspecified atom stereocenters. The Balaban J connectivity index is 1.49. The summed E-state index contributed by atoms with van der Waals surface area (Å²) >= 11 is 9.96. The van der Waals surface area contributed by atoms with E-state index in [9.17, 15) is 0 Å². The molecular weight excluding hydrogens is 492 g/mol. The summed E-state index contributed by atoms with van der Waals surface area (Å²) in [4.78, 5) is 0. The lowest BCUT2D eigenvalue weighted by atomic mass is 9.92. The summed E-state index contributed by atoms with van der Waals surface area (Å²) in [7, 11) is 0. The fourth-order valence-electron chi connectivity index (χ4n) is 4.47. The van der Waals surface area contributed by atoms with Gasteiger partial charge in [-0.25, -0.2) is 0 Å². The Bertz CT molecular complexity index is 1650. The van der Waals surface area contributed by atoms with Crippen LogP contribution in [0.25, 0.3) is 55.3 Å². The normalized spacial score (nSPS) is 11.3. The molecule has 0 fully saturated rings. The maximum absolute atomic E-state index is 6.28. The van der Waals surface area contributed by atoms with Gasteiger partial charge in [0.15, 0.2) is 0 Å². The second-order valence-electron chi connectivity index (χ2n) is 8.06. The Morgan fingerprint density at radius 3 is 2.00 bits per heavy atom. The molecule has 0 aliphatic heterocycles. The highest BCUT2D eigenvalue weighted by atomic mass is 79.9. The topological polar surface area (TPSA) is 13.1 Å². The largest absolute Gasteiger partial charge is 0.456 e. The van der Waals surface area contributed by atoms with Gasteiger partial charge in [0.05, 0.1) is 0 Å². The number of rotatable bonds is 3. The summed E-state index contributed by atoms with van der Waals surface area (Å²) in [5.41, 5.74) is 8.72. The van der Waals surface area contributed by atoms with Crippen molar-refractivity contribution in [3.63, 3.8) is 0 Å². The summed E-state index contributed by atoms with van der Waals surface area (Å²) < 4.78 is 7.09. The van der Waals surface area contributed by atoms with Crippen molar-refractivity contribution in [1.29, 1.82) is 0 Å². The van der Waals surface area contributed by atoms with Gasteiger partial charge in [0.1, 0.15) is 11.2 Å². The molecule has 0 bridgehead atoms. The molecule has 6 rings (SSSR count). The van der Waals surface area contributed by atoms with Crippen LogP contribution in [0.1, 0.15) is 0 Å². The summed E-state index contributed by atoms with van der Waals surface area (Å²) in [6, 6.07) is 37.6. The number of furan rings is 1. The van der Waals surface area contributed by atoms with E-state index in [2.05, 4.69) is 94.8 Å². The average molecular weight is 510 g/mol. The molecule has 6 aromatic rings. The van der Waals surface area contributed by atoms with E-state index in [-0.39, 0.29) is 0 Å². The Kier molecular flexibility index (Phi) is 5.05. The van der Waals surface area contributed by atoms with E-state index < -0.39 is 0 Å². The summed E-state index contributed by atoms with van der Waals surface area (Å²) in [5.74, 6) is 0. The van der Waals surface area contributed by atoms with E-state index in [1.165, 1.54) is 11.1 Å². The Hall–Kier alpha value is -3.33. The zero-order valence-electron chi connectivity index (χ0n) is 17.6. The molecule has 33 heavy (non-hydrogen) atoms. The van der Waals surface area contributed by atoms with Crippen molar-refractivity contribution in [3.05, 3.63) is 119 Å². The van der Waals surface area contributed by atoms with Crippen LogP contribution < -0.4 is 0 Å². The van der Waals surface area contributed by atoms with Gasteiger partial charge < -0.3 is 4.42 Å². The van der Waals surface area contributed by atoms with Crippen molar-refractivity contribution in [2.24, 2.45) is 0 Å². The smallest absolute Gasteiger partial charge is 0.136 e. The lowest BCUT2D eigenvalue weighted by molar-refractivity contribution is 0.669. The van der Waals surface area contributed by atoms with Crippen molar-refractivity contribution >= 4 is 49.5 Å². The highest BCUT2D eigenvalue weighted by Crippen LogP contribution is 2.38. The van der Waals surface area contributed by atoms with Crippen molar-refractivity contribution in [2.75, 3.05) is 0 Å². The van der Waals surface area contributed by atoms with E-state index in [0.29, 0.717) is 0 Å². The maximum Gasteiger partial charge on any atom is 0.136 e. The lowest BCUT2D eigenvalue weighted by Crippen LogP contribution is -1.86. The molecule has 3 heteroatoms. The van der Waals surface area contributed by atoms with E-state index in [0.717, 1.165) is 53.7 Å². The molecule has 0 aliphatic rings. The van der Waals surface area contributed by atoms with E-state index in [4.69, 9.17) is 16.0 Å². The van der Waals surface area contributed by atoms with Crippen molar-refractivity contribution in [3.8, 4) is 33.4 Å². The fourth-order valence-corrected chi connectivity index (χ4v) is 5.22. The van der Waals surface area contributed by atoms with Gasteiger partial charge >= 0.3 is 0 Å². The van der Waals surface area contributed by atoms with Gasteiger partial charge in [-0.3, -0.25) is 0 Å². The Morgan fingerprint density at radius 1 is 0.545 bits per heavy atom. The second kappa shape index (κ2) is 8.22. The van der Waals surface area contributed by atoms with Gasteiger partial charge in [-0.1, -0.05) is 94.3 Å². The van der Waals surface area contributed by atoms with Crippen LogP contribution in [-0.4, -0.2) is 0 Å². The van der Waals surface area contributed by atoms with Crippen LogP contribution in [0.5, 0.6) is 0 Å². The predicted octanol–water partition coefficient (Wildman–Crippen LogP) is 10.0. The molecular formula is C30H18BrClO. The molecule has 1 nitrogen and oxygen atoms in total. The Labute approximate surface area is 205 Å². The molecule has 158 valence electrons. The number of benzene rings is 5. The minimum Gasteiger partial charge on any atom is -0.456 e. The number of hydrogen-bond donors (Lipinski definition) is 0. The Morgan fingerprint density at radius 2 is 1.21 bits per heavy atom. The van der Waals surface area contributed by atoms with E-state index in [1.807, 2.05) is 30.3 Å². The quantitative estimate of drug-likeness (QED) is 0.231. The van der Waals surface area contributed by atoms with Crippen LogP contribution in [0, 0.1) is 0 Å². The number of halogens is 2. The molecule has 0 spiro atoms. The van der Waals surface area contributed by atoms with Crippen molar-refractivity contribution in [2.45, 2.75) is 0 Å². The van der Waals surface area contributed by atoms with E-state index >= 15 is 0 Å². The summed E-state index contributed by atoms with van der Waals surface area (Å²) in [6.07, 6.45) is 0. The van der Waals surface area contributed by atoms with Gasteiger partial charge in [0.2, 0.25) is 0 Å². The fraction of sp³-hybridized carbons (Fsp3) is 0. The van der Waals surface area contributed by atoms with E-state index in [1.54, 1.807) is 0 Å². The molecule has 0 aliphatic carbocycles. The SMILES string of the molecule is Clc1cccc(-c2ccccc2-c2cccc(-c3ccc4oc5cccc(Br)c5c4c3)c2)c1. The third-order valence-electron chi connectivity index (χ3n) is 6.01. The van der Waals surface area contributed by atoms with Crippen LogP contribution in [0.3, 0.4) is 0 Å². The first kappa shape index (κ1) is 20.3. The third kappa shape index (κ3) is 3.66. The monoisotopic (exact) mass is 508 g/mol. The van der Waals surface area contributed by atoms with Crippen LogP contribution >= 0.6 is 27.5 Å². The molecule has 5 aromatic carbocycles. The minimum atomic E-state index is 0.739. The third-order valence-corrected chi connectivity index (χ3v) is 6.91. The first-order valence-electron chi connectivity index (χ1n) is 10.7. The van der Waals surface area contributed by atoms with Crippen molar-refractivity contribution < 1.29 is 4.42 Å². The van der Waals surface area contributed by atoms with Gasteiger partial charge in [0.25, 0.3) is 0 Å². The van der Waals surface area contributed by atoms with Gasteiger partial charge in [-0.2, -0.15) is 0 Å². The first-order chi connectivity index (χ1) is 16.2. The summed E-state index contributed by atoms with van der Waals surface area (Å²) in [5, 5.41) is 2.96. The molecule has 1 heterocycles. The number of fused-ring (bicyclic) bond motifs is 3. The van der Waals surface area contributed by atoms with Crippen LogP contribution in [0.4, 0.5) is 0 Å². The minimum absolute atomic E-state index is 0.739. The standard InChI is InChI=1S/C30H18BrClO/c31-27-12-5-13-29-30(27)26-18-20(14-15-28(26)33-29)19-6-3-7-21(16-19)24-10-1-2-11-25(24)22-8-4-9-23(32)17-22/h1-18H. The first-order valence-corrected chi connectivity index (χ1v) is 11.9. The number of hydrogen-bond acceptors (Lipinski definition) is 1. The maximum atomic E-state index is 6.28. The van der Waals surface area contributed by atoms with Gasteiger partial charge in [-0.15, -0.1) is 0 Å². The second-order valence-corrected chi connectivity index (χ2v) is 9.35. The van der Waals surface area contributed by atoms with Crippen LogP contribution in [0.15, 0.2) is 118 Å². The lowest BCUT2D eigenvalue weighted by Gasteiger charge is -2.12.